The molecule has 0 saturated heterocycles. The number of hydrogen-bond acceptors (Lipinski definition) is 6. The lowest BCUT2D eigenvalue weighted by atomic mass is 10.1. The molecule has 130 valence electrons. The van der Waals surface area contributed by atoms with Crippen LogP contribution < -0.4 is 14.8 Å². The van der Waals surface area contributed by atoms with Gasteiger partial charge in [-0.1, -0.05) is 0 Å². The van der Waals surface area contributed by atoms with Crippen LogP contribution in [-0.4, -0.2) is 46.3 Å². The second kappa shape index (κ2) is 7.61. The minimum absolute atomic E-state index is 0.147. The van der Waals surface area contributed by atoms with E-state index in [1.807, 2.05) is 6.20 Å². The van der Waals surface area contributed by atoms with Crippen LogP contribution >= 0.6 is 0 Å². The number of aromatic nitrogens is 4. The van der Waals surface area contributed by atoms with Gasteiger partial charge in [-0.25, -0.2) is 9.50 Å². The number of nitrogens with zero attached hydrogens (tertiary/aromatic N) is 4. The molecule has 1 N–H and O–H groups in total. The summed E-state index contributed by atoms with van der Waals surface area (Å²) in [5, 5.41) is 6.96. The number of ether oxygens (including phenoxy) is 2. The highest BCUT2D eigenvalue weighted by Crippen LogP contribution is 2.27. The summed E-state index contributed by atoms with van der Waals surface area (Å²) in [6, 6.07) is 5.09. The summed E-state index contributed by atoms with van der Waals surface area (Å²) < 4.78 is 12.0. The highest BCUT2D eigenvalue weighted by molar-refractivity contribution is 5.94. The quantitative estimate of drug-likeness (QED) is 0.655. The van der Waals surface area contributed by atoms with Crippen LogP contribution in [0.15, 0.2) is 36.9 Å². The Morgan fingerprint density at radius 2 is 2.04 bits per heavy atom. The normalized spacial score (nSPS) is 10.6. The van der Waals surface area contributed by atoms with E-state index in [0.717, 1.165) is 18.4 Å². The molecule has 1 aromatic carbocycles. The first kappa shape index (κ1) is 16.7. The van der Waals surface area contributed by atoms with Crippen molar-refractivity contribution in [3.8, 4) is 11.5 Å². The van der Waals surface area contributed by atoms with Gasteiger partial charge in [0.05, 0.1) is 14.2 Å². The number of methoxy groups -OCH3 is 2. The van der Waals surface area contributed by atoms with E-state index in [4.69, 9.17) is 9.47 Å². The van der Waals surface area contributed by atoms with Gasteiger partial charge < -0.3 is 14.8 Å². The lowest BCUT2D eigenvalue weighted by Crippen LogP contribution is -2.24. The van der Waals surface area contributed by atoms with E-state index in [1.165, 1.54) is 6.33 Å². The van der Waals surface area contributed by atoms with Gasteiger partial charge in [0.15, 0.2) is 11.5 Å². The SMILES string of the molecule is COc1ccc(C(=O)NCCCc2cnc3ncnn3c2)cc1OC. The van der Waals surface area contributed by atoms with E-state index < -0.39 is 0 Å². The van der Waals surface area contributed by atoms with Crippen molar-refractivity contribution in [2.75, 3.05) is 20.8 Å². The Labute approximate surface area is 144 Å². The number of carbonyl (C=O) groups excluding carboxylic acids is 1. The first-order valence-electron chi connectivity index (χ1n) is 7.85. The Kier molecular flexibility index (Phi) is 5.08. The van der Waals surface area contributed by atoms with Crippen LogP contribution in [0.25, 0.3) is 5.78 Å². The molecule has 0 spiro atoms. The Bertz CT molecular complexity index is 878. The molecule has 2 heterocycles. The maximum absolute atomic E-state index is 12.2. The highest BCUT2D eigenvalue weighted by atomic mass is 16.5. The summed E-state index contributed by atoms with van der Waals surface area (Å²) in [6.45, 7) is 0.558. The number of fused-ring (bicyclic) bond motifs is 1. The van der Waals surface area contributed by atoms with E-state index in [2.05, 4.69) is 20.4 Å². The van der Waals surface area contributed by atoms with Gasteiger partial charge in [-0.05, 0) is 36.6 Å². The third-order valence-corrected chi connectivity index (χ3v) is 3.76. The molecule has 0 radical (unpaired) electrons. The summed E-state index contributed by atoms with van der Waals surface area (Å²) in [5.74, 6) is 1.55. The third kappa shape index (κ3) is 3.85. The molecule has 25 heavy (non-hydrogen) atoms. The maximum atomic E-state index is 12.2. The van der Waals surface area contributed by atoms with Crippen molar-refractivity contribution in [1.29, 1.82) is 0 Å². The van der Waals surface area contributed by atoms with Gasteiger partial charge in [-0.2, -0.15) is 10.1 Å². The van der Waals surface area contributed by atoms with Crippen molar-refractivity contribution in [2.24, 2.45) is 0 Å². The van der Waals surface area contributed by atoms with E-state index in [0.29, 0.717) is 29.4 Å². The molecule has 3 aromatic rings. The summed E-state index contributed by atoms with van der Waals surface area (Å²) in [7, 11) is 3.10. The molecule has 0 aliphatic heterocycles. The lowest BCUT2D eigenvalue weighted by molar-refractivity contribution is 0.0953. The molecular weight excluding hydrogens is 322 g/mol. The Hall–Kier alpha value is -3.16. The van der Waals surface area contributed by atoms with E-state index in [-0.39, 0.29) is 5.91 Å². The van der Waals surface area contributed by atoms with Crippen molar-refractivity contribution < 1.29 is 14.3 Å². The zero-order valence-corrected chi connectivity index (χ0v) is 14.1. The van der Waals surface area contributed by atoms with Crippen molar-refractivity contribution in [2.45, 2.75) is 12.8 Å². The van der Waals surface area contributed by atoms with Gasteiger partial charge in [-0.15, -0.1) is 0 Å². The van der Waals surface area contributed by atoms with Crippen LogP contribution in [0.1, 0.15) is 22.3 Å². The second-order valence-corrected chi connectivity index (χ2v) is 5.40. The largest absolute Gasteiger partial charge is 0.493 e. The molecule has 1 amide bonds. The Morgan fingerprint density at radius 1 is 1.20 bits per heavy atom. The molecule has 8 heteroatoms. The van der Waals surface area contributed by atoms with E-state index >= 15 is 0 Å². The minimum atomic E-state index is -0.147. The molecule has 3 rings (SSSR count). The molecular formula is C17H19N5O3. The lowest BCUT2D eigenvalue weighted by Gasteiger charge is -2.10. The van der Waals surface area contributed by atoms with Crippen molar-refractivity contribution >= 4 is 11.7 Å². The molecule has 0 aliphatic rings. The molecule has 0 atom stereocenters. The fourth-order valence-electron chi connectivity index (χ4n) is 2.46. The van der Waals surface area contributed by atoms with Crippen molar-refractivity contribution in [3.63, 3.8) is 0 Å². The predicted molar refractivity (Wildman–Crippen MR) is 91.0 cm³/mol. The van der Waals surface area contributed by atoms with Crippen molar-refractivity contribution in [3.05, 3.63) is 48.0 Å². The fourth-order valence-corrected chi connectivity index (χ4v) is 2.46. The monoisotopic (exact) mass is 341 g/mol. The molecule has 0 fully saturated rings. The van der Waals surface area contributed by atoms with E-state index in [9.17, 15) is 4.79 Å². The Morgan fingerprint density at radius 3 is 2.84 bits per heavy atom. The average Bonchev–Trinajstić information content (AvgIpc) is 3.12. The highest BCUT2D eigenvalue weighted by Gasteiger charge is 2.10. The topological polar surface area (TPSA) is 90.6 Å². The molecule has 8 nitrogen and oxygen atoms in total. The first-order valence-corrected chi connectivity index (χ1v) is 7.85. The number of rotatable bonds is 7. The number of nitrogens with one attached hydrogen (secondary N) is 1. The van der Waals surface area contributed by atoms with Gasteiger partial charge in [0, 0.05) is 24.5 Å². The molecule has 2 aromatic heterocycles. The average molecular weight is 341 g/mol. The molecule has 0 saturated carbocycles. The summed E-state index contributed by atoms with van der Waals surface area (Å²) in [4.78, 5) is 20.4. The maximum Gasteiger partial charge on any atom is 0.252 e. The zero-order chi connectivity index (χ0) is 17.6. The van der Waals surface area contributed by atoms with Crippen LogP contribution in [0.4, 0.5) is 0 Å². The second-order valence-electron chi connectivity index (χ2n) is 5.40. The van der Waals surface area contributed by atoms with Crippen molar-refractivity contribution in [1.82, 2.24) is 24.9 Å². The Balaban J connectivity index is 1.52. The van der Waals surface area contributed by atoms with Crippen LogP contribution in [0.3, 0.4) is 0 Å². The van der Waals surface area contributed by atoms with Crippen LogP contribution in [0.5, 0.6) is 11.5 Å². The fraction of sp³-hybridized carbons (Fsp3) is 0.294. The molecule has 0 unspecified atom stereocenters. The standard InChI is InChI=1S/C17H19N5O3/c1-24-14-6-5-13(8-15(14)25-2)16(23)18-7-3-4-12-9-19-17-20-11-21-22(17)10-12/h5-6,8-11H,3-4,7H2,1-2H3,(H,18,23). The van der Waals surface area contributed by atoms with Crippen LogP contribution in [0, 0.1) is 0 Å². The minimum Gasteiger partial charge on any atom is -0.493 e. The number of carbonyl (C=O) groups is 1. The predicted octanol–water partition coefficient (Wildman–Crippen LogP) is 1.50. The summed E-state index contributed by atoms with van der Waals surface area (Å²) >= 11 is 0. The van der Waals surface area contributed by atoms with Gasteiger partial charge in [0.1, 0.15) is 6.33 Å². The summed E-state index contributed by atoms with van der Waals surface area (Å²) in [5.41, 5.74) is 1.57. The van der Waals surface area contributed by atoms with Crippen LogP contribution in [0.2, 0.25) is 0 Å². The van der Waals surface area contributed by atoms with E-state index in [1.54, 1.807) is 43.1 Å². The summed E-state index contributed by atoms with van der Waals surface area (Å²) in [6.07, 6.45) is 6.72. The smallest absolute Gasteiger partial charge is 0.252 e. The molecule has 0 aliphatic carbocycles. The van der Waals surface area contributed by atoms with Gasteiger partial charge in [0.2, 0.25) is 0 Å². The van der Waals surface area contributed by atoms with Gasteiger partial charge in [0.25, 0.3) is 11.7 Å². The number of amides is 1. The van der Waals surface area contributed by atoms with Gasteiger partial charge >= 0.3 is 0 Å². The zero-order valence-electron chi connectivity index (χ0n) is 14.1. The number of aryl methyl sites for hydroxylation is 1. The first-order chi connectivity index (χ1) is 12.2. The third-order valence-electron chi connectivity index (χ3n) is 3.76. The number of hydrogen-bond donors (Lipinski definition) is 1. The van der Waals surface area contributed by atoms with Crippen LogP contribution in [-0.2, 0) is 6.42 Å². The van der Waals surface area contributed by atoms with Gasteiger partial charge in [-0.3, -0.25) is 4.79 Å². The number of benzene rings is 1. The molecule has 0 bridgehead atoms.